The zero-order chi connectivity index (χ0) is 12.1. The van der Waals surface area contributed by atoms with E-state index < -0.39 is 0 Å². The Kier molecular flexibility index (Phi) is 4.35. The Morgan fingerprint density at radius 2 is 2.00 bits per heavy atom. The van der Waals surface area contributed by atoms with Gasteiger partial charge in [-0.3, -0.25) is 4.79 Å². The number of thiophene rings is 1. The van der Waals surface area contributed by atoms with Crippen molar-refractivity contribution in [1.29, 1.82) is 0 Å². The van der Waals surface area contributed by atoms with Crippen molar-refractivity contribution < 1.29 is 4.79 Å². The van der Waals surface area contributed by atoms with Crippen molar-refractivity contribution >= 4 is 28.7 Å². The van der Waals surface area contributed by atoms with Crippen LogP contribution < -0.4 is 0 Å². The average Bonchev–Trinajstić information content (AvgIpc) is 2.82. The summed E-state index contributed by atoms with van der Waals surface area (Å²) in [6.45, 7) is 0. The van der Waals surface area contributed by atoms with Gasteiger partial charge in [0.05, 0.1) is 5.02 Å². The van der Waals surface area contributed by atoms with E-state index in [0.717, 1.165) is 12.8 Å². The topological polar surface area (TPSA) is 17.1 Å². The minimum absolute atomic E-state index is 0.132. The smallest absolute Gasteiger partial charge is 0.164 e. The SMILES string of the molecule is O=C(CCCc1cccs1)c1ccccc1Cl. The fraction of sp³-hybridized carbons (Fsp3) is 0.214. The van der Waals surface area contributed by atoms with Gasteiger partial charge in [-0.2, -0.15) is 0 Å². The summed E-state index contributed by atoms with van der Waals surface area (Å²) in [6.07, 6.45) is 2.40. The molecule has 0 fully saturated rings. The molecular weight excluding hydrogens is 252 g/mol. The number of Topliss-reactive ketones (excluding diaryl/α,β-unsaturated/α-hetero) is 1. The van der Waals surface area contributed by atoms with Gasteiger partial charge >= 0.3 is 0 Å². The molecular formula is C14H13ClOS. The monoisotopic (exact) mass is 264 g/mol. The van der Waals surface area contributed by atoms with E-state index in [0.29, 0.717) is 17.0 Å². The lowest BCUT2D eigenvalue weighted by Gasteiger charge is -2.02. The van der Waals surface area contributed by atoms with Crippen LogP contribution in [0.15, 0.2) is 41.8 Å². The Balaban J connectivity index is 1.88. The molecule has 0 unspecified atom stereocenters. The molecule has 1 aromatic carbocycles. The van der Waals surface area contributed by atoms with Crippen molar-refractivity contribution in [2.45, 2.75) is 19.3 Å². The molecule has 0 amide bonds. The number of carbonyl (C=O) groups is 1. The molecule has 0 saturated carbocycles. The number of ketones is 1. The summed E-state index contributed by atoms with van der Waals surface area (Å²) < 4.78 is 0. The van der Waals surface area contributed by atoms with E-state index in [-0.39, 0.29) is 5.78 Å². The van der Waals surface area contributed by atoms with Gasteiger partial charge in [0.15, 0.2) is 5.78 Å². The molecule has 0 N–H and O–H groups in total. The molecule has 0 radical (unpaired) electrons. The summed E-state index contributed by atoms with van der Waals surface area (Å²) in [5, 5.41) is 2.61. The second kappa shape index (κ2) is 5.99. The van der Waals surface area contributed by atoms with Crippen LogP contribution in [0.25, 0.3) is 0 Å². The molecule has 0 atom stereocenters. The zero-order valence-corrected chi connectivity index (χ0v) is 10.9. The highest BCUT2D eigenvalue weighted by molar-refractivity contribution is 7.09. The summed E-state index contributed by atoms with van der Waals surface area (Å²) in [5.41, 5.74) is 0.639. The summed E-state index contributed by atoms with van der Waals surface area (Å²) in [7, 11) is 0. The van der Waals surface area contributed by atoms with Crippen molar-refractivity contribution in [3.63, 3.8) is 0 Å². The van der Waals surface area contributed by atoms with Crippen molar-refractivity contribution in [1.82, 2.24) is 0 Å². The zero-order valence-electron chi connectivity index (χ0n) is 9.36. The number of hydrogen-bond donors (Lipinski definition) is 0. The van der Waals surface area contributed by atoms with Crippen LogP contribution >= 0.6 is 22.9 Å². The van der Waals surface area contributed by atoms with E-state index in [1.165, 1.54) is 4.88 Å². The molecule has 1 aromatic heterocycles. The van der Waals surface area contributed by atoms with Gasteiger partial charge in [0.1, 0.15) is 0 Å². The normalized spacial score (nSPS) is 10.4. The van der Waals surface area contributed by atoms with Gasteiger partial charge < -0.3 is 0 Å². The molecule has 1 nitrogen and oxygen atoms in total. The molecule has 0 aliphatic rings. The summed E-state index contributed by atoms with van der Waals surface area (Å²) in [4.78, 5) is 13.2. The summed E-state index contributed by atoms with van der Waals surface area (Å²) >= 11 is 7.72. The molecule has 17 heavy (non-hydrogen) atoms. The summed E-state index contributed by atoms with van der Waals surface area (Å²) in [6, 6.07) is 11.4. The standard InChI is InChI=1S/C14H13ClOS/c15-13-8-2-1-7-12(13)14(16)9-3-5-11-6-4-10-17-11/h1-2,4,6-8,10H,3,5,9H2. The Bertz CT molecular complexity index is 491. The van der Waals surface area contributed by atoms with Gasteiger partial charge in [-0.15, -0.1) is 11.3 Å². The maximum absolute atomic E-state index is 11.9. The average molecular weight is 265 g/mol. The van der Waals surface area contributed by atoms with Crippen LogP contribution in [0.3, 0.4) is 0 Å². The van der Waals surface area contributed by atoms with Crippen molar-refractivity contribution in [2.24, 2.45) is 0 Å². The van der Waals surface area contributed by atoms with Gasteiger partial charge in [0, 0.05) is 16.9 Å². The van der Waals surface area contributed by atoms with Crippen LogP contribution in [0.2, 0.25) is 5.02 Å². The van der Waals surface area contributed by atoms with Crippen LogP contribution in [-0.2, 0) is 6.42 Å². The largest absolute Gasteiger partial charge is 0.294 e. The van der Waals surface area contributed by atoms with Crippen LogP contribution in [0, 0.1) is 0 Å². The first-order chi connectivity index (χ1) is 8.27. The predicted molar refractivity (Wildman–Crippen MR) is 73.0 cm³/mol. The minimum Gasteiger partial charge on any atom is -0.294 e. The van der Waals surface area contributed by atoms with E-state index in [9.17, 15) is 4.79 Å². The highest BCUT2D eigenvalue weighted by Gasteiger charge is 2.09. The maximum atomic E-state index is 11.9. The van der Waals surface area contributed by atoms with Crippen LogP contribution in [0.1, 0.15) is 28.1 Å². The Morgan fingerprint density at radius 1 is 1.18 bits per heavy atom. The Morgan fingerprint density at radius 3 is 2.71 bits per heavy atom. The molecule has 0 aliphatic carbocycles. The van der Waals surface area contributed by atoms with E-state index in [2.05, 4.69) is 11.4 Å². The molecule has 2 aromatic rings. The van der Waals surface area contributed by atoms with Gasteiger partial charge in [0.2, 0.25) is 0 Å². The minimum atomic E-state index is 0.132. The van der Waals surface area contributed by atoms with Gasteiger partial charge in [0.25, 0.3) is 0 Å². The molecule has 0 saturated heterocycles. The number of hydrogen-bond acceptors (Lipinski definition) is 2. The summed E-state index contributed by atoms with van der Waals surface area (Å²) in [5.74, 6) is 0.132. The fourth-order valence-corrected chi connectivity index (χ4v) is 2.69. The number of aryl methyl sites for hydroxylation is 1. The highest BCUT2D eigenvalue weighted by atomic mass is 35.5. The van der Waals surface area contributed by atoms with E-state index in [4.69, 9.17) is 11.6 Å². The van der Waals surface area contributed by atoms with E-state index >= 15 is 0 Å². The van der Waals surface area contributed by atoms with Crippen LogP contribution in [-0.4, -0.2) is 5.78 Å². The first-order valence-electron chi connectivity index (χ1n) is 5.57. The first kappa shape index (κ1) is 12.3. The Hall–Kier alpha value is -1.12. The molecule has 3 heteroatoms. The lowest BCUT2D eigenvalue weighted by Crippen LogP contribution is -2.00. The number of halogens is 1. The van der Waals surface area contributed by atoms with E-state index in [1.807, 2.05) is 18.2 Å². The third kappa shape index (κ3) is 3.42. The molecule has 0 aliphatic heterocycles. The number of rotatable bonds is 5. The lowest BCUT2D eigenvalue weighted by atomic mass is 10.1. The fourth-order valence-electron chi connectivity index (χ4n) is 1.70. The van der Waals surface area contributed by atoms with Crippen LogP contribution in [0.5, 0.6) is 0 Å². The van der Waals surface area contributed by atoms with Gasteiger partial charge in [-0.25, -0.2) is 0 Å². The molecule has 1 heterocycles. The Labute approximate surface area is 110 Å². The highest BCUT2D eigenvalue weighted by Crippen LogP contribution is 2.18. The lowest BCUT2D eigenvalue weighted by molar-refractivity contribution is 0.0980. The molecule has 0 spiro atoms. The quantitative estimate of drug-likeness (QED) is 0.721. The first-order valence-corrected chi connectivity index (χ1v) is 6.83. The number of benzene rings is 1. The van der Waals surface area contributed by atoms with Crippen molar-refractivity contribution in [3.8, 4) is 0 Å². The van der Waals surface area contributed by atoms with E-state index in [1.54, 1.807) is 23.5 Å². The van der Waals surface area contributed by atoms with Crippen molar-refractivity contribution in [2.75, 3.05) is 0 Å². The maximum Gasteiger partial charge on any atom is 0.164 e. The third-order valence-electron chi connectivity index (χ3n) is 2.58. The van der Waals surface area contributed by atoms with Crippen molar-refractivity contribution in [3.05, 3.63) is 57.2 Å². The predicted octanol–water partition coefficient (Wildman–Crippen LogP) is 4.61. The number of carbonyl (C=O) groups excluding carboxylic acids is 1. The molecule has 88 valence electrons. The third-order valence-corrected chi connectivity index (χ3v) is 3.85. The second-order valence-electron chi connectivity index (χ2n) is 3.84. The van der Waals surface area contributed by atoms with Gasteiger partial charge in [-0.1, -0.05) is 29.8 Å². The second-order valence-corrected chi connectivity index (χ2v) is 5.28. The molecule has 0 bridgehead atoms. The molecule has 2 rings (SSSR count). The van der Waals surface area contributed by atoms with Crippen LogP contribution in [0.4, 0.5) is 0 Å². The van der Waals surface area contributed by atoms with Gasteiger partial charge in [-0.05, 0) is 36.4 Å².